The van der Waals surface area contributed by atoms with E-state index in [2.05, 4.69) is 72.7 Å². The molecule has 2 N–H and O–H groups in total. The van der Waals surface area contributed by atoms with Crippen LogP contribution in [0.1, 0.15) is 25.0 Å². The number of methoxy groups -OCH3 is 1. The molecule has 0 amide bonds. The molecule has 0 aliphatic heterocycles. The Morgan fingerprint density at radius 1 is 1.30 bits per heavy atom. The molecule has 0 spiro atoms. The monoisotopic (exact) mass is 434 g/mol. The maximum atomic E-state index is 5.15. The van der Waals surface area contributed by atoms with E-state index in [1.54, 1.807) is 7.11 Å². The Labute approximate surface area is 157 Å². The van der Waals surface area contributed by atoms with E-state index >= 15 is 0 Å². The minimum atomic E-state index is 0. The zero-order chi connectivity index (χ0) is 16.4. The average Bonchev–Trinajstić information content (AvgIpc) is 2.45. The first-order valence-corrected chi connectivity index (χ1v) is 7.81. The summed E-state index contributed by atoms with van der Waals surface area (Å²) in [7, 11) is 5.86. The van der Waals surface area contributed by atoms with E-state index in [0.717, 1.165) is 19.0 Å². The molecule has 6 heteroatoms. The molecule has 0 saturated carbocycles. The first-order valence-electron chi connectivity index (χ1n) is 7.81. The Hall–Kier alpha value is -0.860. The zero-order valence-electron chi connectivity index (χ0n) is 14.9. The van der Waals surface area contributed by atoms with E-state index in [0.29, 0.717) is 13.2 Å². The summed E-state index contributed by atoms with van der Waals surface area (Å²) in [5.74, 6) is 0.824. The quantitative estimate of drug-likeness (QED) is 0.375. The zero-order valence-corrected chi connectivity index (χ0v) is 17.3. The lowest BCUT2D eigenvalue weighted by atomic mass is 10.1. The number of hydrogen-bond acceptors (Lipinski definition) is 3. The summed E-state index contributed by atoms with van der Waals surface area (Å²) >= 11 is 0. The molecule has 1 atom stereocenters. The van der Waals surface area contributed by atoms with Crippen molar-refractivity contribution in [1.29, 1.82) is 0 Å². The van der Waals surface area contributed by atoms with Gasteiger partial charge in [0, 0.05) is 26.2 Å². The van der Waals surface area contributed by atoms with Crippen molar-refractivity contribution in [1.82, 2.24) is 15.5 Å². The van der Waals surface area contributed by atoms with Gasteiger partial charge in [0.1, 0.15) is 0 Å². The van der Waals surface area contributed by atoms with Crippen LogP contribution < -0.4 is 10.6 Å². The predicted octanol–water partition coefficient (Wildman–Crippen LogP) is 2.46. The standard InChI is InChI=1S/C17H30N4O.HI/c1-6-18-17(20-14(2)13-22-5)19-11-15-8-7-9-16(10-15)12-21(3)4;/h7-10,14H,6,11-13H2,1-5H3,(H2,18,19,20);1H. The molecule has 5 nitrogen and oxygen atoms in total. The van der Waals surface area contributed by atoms with Gasteiger partial charge < -0.3 is 20.3 Å². The van der Waals surface area contributed by atoms with Gasteiger partial charge >= 0.3 is 0 Å². The third-order valence-corrected chi connectivity index (χ3v) is 3.05. The minimum absolute atomic E-state index is 0. The highest BCUT2D eigenvalue weighted by atomic mass is 127. The van der Waals surface area contributed by atoms with Crippen LogP contribution in [0.2, 0.25) is 0 Å². The van der Waals surface area contributed by atoms with Gasteiger partial charge in [-0.25, -0.2) is 4.99 Å². The maximum absolute atomic E-state index is 5.15. The van der Waals surface area contributed by atoms with Crippen LogP contribution in [0.25, 0.3) is 0 Å². The van der Waals surface area contributed by atoms with Gasteiger partial charge in [-0.3, -0.25) is 0 Å². The van der Waals surface area contributed by atoms with Crippen molar-refractivity contribution in [3.8, 4) is 0 Å². The molecule has 0 saturated heterocycles. The van der Waals surface area contributed by atoms with Gasteiger partial charge in [0.15, 0.2) is 5.96 Å². The van der Waals surface area contributed by atoms with Gasteiger partial charge in [-0.2, -0.15) is 0 Å². The fourth-order valence-corrected chi connectivity index (χ4v) is 2.21. The summed E-state index contributed by atoms with van der Waals surface area (Å²) in [4.78, 5) is 6.82. The molecule has 1 unspecified atom stereocenters. The molecule has 0 bridgehead atoms. The molecule has 0 aliphatic carbocycles. The van der Waals surface area contributed by atoms with Gasteiger partial charge in [0.2, 0.25) is 0 Å². The van der Waals surface area contributed by atoms with Crippen molar-refractivity contribution < 1.29 is 4.74 Å². The van der Waals surface area contributed by atoms with Crippen molar-refractivity contribution >= 4 is 29.9 Å². The van der Waals surface area contributed by atoms with Gasteiger partial charge in [0.25, 0.3) is 0 Å². The van der Waals surface area contributed by atoms with Gasteiger partial charge in [-0.1, -0.05) is 24.3 Å². The normalized spacial score (nSPS) is 12.7. The first-order chi connectivity index (χ1) is 10.5. The third-order valence-electron chi connectivity index (χ3n) is 3.05. The third kappa shape index (κ3) is 9.78. The molecule has 0 aromatic heterocycles. The molecule has 0 aliphatic rings. The van der Waals surface area contributed by atoms with E-state index in [9.17, 15) is 0 Å². The molecule has 132 valence electrons. The smallest absolute Gasteiger partial charge is 0.191 e. The van der Waals surface area contributed by atoms with Crippen molar-refractivity contribution in [3.05, 3.63) is 35.4 Å². The fraction of sp³-hybridized carbons (Fsp3) is 0.588. The van der Waals surface area contributed by atoms with E-state index in [1.807, 2.05) is 0 Å². The van der Waals surface area contributed by atoms with Crippen LogP contribution in [0, 0.1) is 0 Å². The molecule has 1 rings (SSSR count). The van der Waals surface area contributed by atoms with Crippen molar-refractivity contribution in [3.63, 3.8) is 0 Å². The fourth-order valence-electron chi connectivity index (χ4n) is 2.21. The molecule has 1 aromatic carbocycles. The Morgan fingerprint density at radius 3 is 2.61 bits per heavy atom. The summed E-state index contributed by atoms with van der Waals surface area (Å²) in [6, 6.07) is 8.80. The lowest BCUT2D eigenvalue weighted by Crippen LogP contribution is -2.43. The van der Waals surface area contributed by atoms with Crippen molar-refractivity contribution in [2.75, 3.05) is 34.4 Å². The number of nitrogens with zero attached hydrogens (tertiary/aromatic N) is 2. The number of benzene rings is 1. The number of rotatable bonds is 8. The Bertz CT molecular complexity index is 466. The second kappa shape index (κ2) is 12.5. The number of guanidine groups is 1. The van der Waals surface area contributed by atoms with Gasteiger partial charge in [0.05, 0.1) is 13.2 Å². The minimum Gasteiger partial charge on any atom is -0.383 e. The second-order valence-corrected chi connectivity index (χ2v) is 5.75. The molecular formula is C17H31IN4O. The largest absolute Gasteiger partial charge is 0.383 e. The molecular weight excluding hydrogens is 403 g/mol. The number of ether oxygens (including phenoxy) is 1. The van der Waals surface area contributed by atoms with Gasteiger partial charge in [-0.15, -0.1) is 24.0 Å². The van der Waals surface area contributed by atoms with Crippen LogP contribution in [-0.2, 0) is 17.8 Å². The van der Waals surface area contributed by atoms with E-state index in [4.69, 9.17) is 4.74 Å². The summed E-state index contributed by atoms with van der Waals surface area (Å²) in [5.41, 5.74) is 2.53. The van der Waals surface area contributed by atoms with E-state index < -0.39 is 0 Å². The Kier molecular flexibility index (Phi) is 12.1. The van der Waals surface area contributed by atoms with Crippen LogP contribution in [-0.4, -0.2) is 51.3 Å². The van der Waals surface area contributed by atoms with Crippen molar-refractivity contribution in [2.24, 2.45) is 4.99 Å². The summed E-state index contributed by atoms with van der Waals surface area (Å²) in [6.45, 7) is 7.25. The number of nitrogens with one attached hydrogen (secondary N) is 2. The predicted molar refractivity (Wildman–Crippen MR) is 109 cm³/mol. The molecule has 0 fully saturated rings. The molecule has 1 aromatic rings. The number of hydrogen-bond donors (Lipinski definition) is 2. The van der Waals surface area contributed by atoms with Gasteiger partial charge in [-0.05, 0) is 39.1 Å². The average molecular weight is 434 g/mol. The Morgan fingerprint density at radius 2 is 2.00 bits per heavy atom. The highest BCUT2D eigenvalue weighted by Gasteiger charge is 2.04. The maximum Gasteiger partial charge on any atom is 0.191 e. The Balaban J connectivity index is 0.00000484. The highest BCUT2D eigenvalue weighted by molar-refractivity contribution is 14.0. The SMILES string of the molecule is CCNC(=NCc1cccc(CN(C)C)c1)NC(C)COC.I. The summed E-state index contributed by atoms with van der Waals surface area (Å²) < 4.78 is 5.15. The van der Waals surface area contributed by atoms with E-state index in [1.165, 1.54) is 11.1 Å². The van der Waals surface area contributed by atoms with Crippen LogP contribution in [0.3, 0.4) is 0 Å². The second-order valence-electron chi connectivity index (χ2n) is 5.75. The van der Waals surface area contributed by atoms with Crippen LogP contribution in [0.5, 0.6) is 0 Å². The molecule has 0 heterocycles. The van der Waals surface area contributed by atoms with E-state index in [-0.39, 0.29) is 30.0 Å². The molecule has 23 heavy (non-hydrogen) atoms. The highest BCUT2D eigenvalue weighted by Crippen LogP contribution is 2.08. The van der Waals surface area contributed by atoms with Crippen LogP contribution >= 0.6 is 24.0 Å². The van der Waals surface area contributed by atoms with Crippen LogP contribution in [0.4, 0.5) is 0 Å². The number of aliphatic imine (C=N–C) groups is 1. The van der Waals surface area contributed by atoms with Crippen LogP contribution in [0.15, 0.2) is 29.3 Å². The lowest BCUT2D eigenvalue weighted by Gasteiger charge is -2.17. The lowest BCUT2D eigenvalue weighted by molar-refractivity contribution is 0.179. The molecule has 0 radical (unpaired) electrons. The number of halogens is 1. The van der Waals surface area contributed by atoms with Crippen molar-refractivity contribution in [2.45, 2.75) is 33.0 Å². The summed E-state index contributed by atoms with van der Waals surface area (Å²) in [5, 5.41) is 6.61. The topological polar surface area (TPSA) is 48.9 Å². The summed E-state index contributed by atoms with van der Waals surface area (Å²) in [6.07, 6.45) is 0. The first kappa shape index (κ1) is 22.1.